The van der Waals surface area contributed by atoms with E-state index in [1.54, 1.807) is 7.11 Å². The maximum absolute atomic E-state index is 10.9. The summed E-state index contributed by atoms with van der Waals surface area (Å²) < 4.78 is 6.50. The molecule has 1 aromatic carbocycles. The molecule has 1 aliphatic heterocycles. The minimum Gasteiger partial charge on any atom is -0.496 e. The van der Waals surface area contributed by atoms with Crippen molar-refractivity contribution in [2.75, 3.05) is 33.3 Å². The van der Waals surface area contributed by atoms with E-state index in [1.807, 2.05) is 19.1 Å². The van der Waals surface area contributed by atoms with Crippen LogP contribution < -0.4 is 4.74 Å². The zero-order valence-corrected chi connectivity index (χ0v) is 15.4. The number of carbonyl (C=O) groups is 1. The molecule has 1 fully saturated rings. The van der Waals surface area contributed by atoms with E-state index in [1.165, 1.54) is 5.56 Å². The van der Waals surface area contributed by atoms with Crippen molar-refractivity contribution in [3.63, 3.8) is 0 Å². The second kappa shape index (κ2) is 8.66. The van der Waals surface area contributed by atoms with Gasteiger partial charge in [-0.1, -0.05) is 22.9 Å². The van der Waals surface area contributed by atoms with Gasteiger partial charge < -0.3 is 9.84 Å². The predicted octanol–water partition coefficient (Wildman–Crippen LogP) is 2.83. The topological polar surface area (TPSA) is 53.0 Å². The Morgan fingerprint density at radius 2 is 2.13 bits per heavy atom. The van der Waals surface area contributed by atoms with Crippen LogP contribution in [0.3, 0.4) is 0 Å². The molecule has 0 aromatic heterocycles. The number of likely N-dealkylation sites (N-methyl/N-ethyl adjacent to an activating group) is 1. The molecule has 1 heterocycles. The zero-order valence-electron chi connectivity index (χ0n) is 13.8. The van der Waals surface area contributed by atoms with Gasteiger partial charge in [-0.25, -0.2) is 0 Å². The lowest BCUT2D eigenvalue weighted by Gasteiger charge is -2.37. The van der Waals surface area contributed by atoms with Gasteiger partial charge in [0.2, 0.25) is 0 Å². The molecule has 128 valence electrons. The Kier molecular flexibility index (Phi) is 6.87. The van der Waals surface area contributed by atoms with Crippen LogP contribution in [0.15, 0.2) is 22.7 Å². The van der Waals surface area contributed by atoms with E-state index < -0.39 is 5.97 Å². The lowest BCUT2D eigenvalue weighted by molar-refractivity contribution is -0.139. The normalized spacial score (nSPS) is 16.7. The summed E-state index contributed by atoms with van der Waals surface area (Å²) in [6.07, 6.45) is 2.02. The molecular formula is C17H25BrN2O3. The van der Waals surface area contributed by atoms with Gasteiger partial charge in [0.05, 0.1) is 13.7 Å². The lowest BCUT2D eigenvalue weighted by atomic mass is 10.0. The Morgan fingerprint density at radius 3 is 2.70 bits per heavy atom. The van der Waals surface area contributed by atoms with Crippen LogP contribution in [0.5, 0.6) is 5.75 Å². The first-order valence-corrected chi connectivity index (χ1v) is 8.83. The molecule has 6 heteroatoms. The van der Waals surface area contributed by atoms with E-state index in [0.29, 0.717) is 6.04 Å². The summed E-state index contributed by atoms with van der Waals surface area (Å²) >= 11 is 3.51. The molecule has 0 aliphatic carbocycles. The summed E-state index contributed by atoms with van der Waals surface area (Å²) in [7, 11) is 1.70. The Morgan fingerprint density at radius 1 is 1.43 bits per heavy atom. The maximum Gasteiger partial charge on any atom is 0.317 e. The summed E-state index contributed by atoms with van der Waals surface area (Å²) in [5.74, 6) is 0.171. The highest BCUT2D eigenvalue weighted by Gasteiger charge is 2.25. The van der Waals surface area contributed by atoms with Crippen LogP contribution in [0.25, 0.3) is 0 Å². The van der Waals surface area contributed by atoms with Crippen molar-refractivity contribution < 1.29 is 14.6 Å². The first-order chi connectivity index (χ1) is 11.0. The quantitative estimate of drug-likeness (QED) is 0.783. The summed E-state index contributed by atoms with van der Waals surface area (Å²) in [6.45, 7) is 5.78. The van der Waals surface area contributed by atoms with Gasteiger partial charge in [-0.05, 0) is 50.7 Å². The van der Waals surface area contributed by atoms with Gasteiger partial charge >= 0.3 is 5.97 Å². The number of carboxylic acids is 1. The standard InChI is InChI=1S/C17H25BrN2O3/c1-3-20(12-17(21)22)15-6-8-19(9-7-15)11-13-10-14(18)4-5-16(13)23-2/h4-5,10,15H,3,6-9,11-12H2,1-2H3,(H,21,22). The number of hydrogen-bond donors (Lipinski definition) is 1. The van der Waals surface area contributed by atoms with Gasteiger partial charge in [0, 0.05) is 22.6 Å². The zero-order chi connectivity index (χ0) is 16.8. The number of ether oxygens (including phenoxy) is 1. The number of methoxy groups -OCH3 is 1. The number of hydrogen-bond acceptors (Lipinski definition) is 4. The summed E-state index contributed by atoms with van der Waals surface area (Å²) in [5, 5.41) is 9.01. The number of rotatable bonds is 7. The predicted molar refractivity (Wildman–Crippen MR) is 93.9 cm³/mol. The van der Waals surface area contributed by atoms with Crippen LogP contribution in [-0.4, -0.2) is 60.2 Å². The molecule has 5 nitrogen and oxygen atoms in total. The fourth-order valence-corrected chi connectivity index (χ4v) is 3.64. The fraction of sp³-hybridized carbons (Fsp3) is 0.588. The smallest absolute Gasteiger partial charge is 0.317 e. The highest BCUT2D eigenvalue weighted by Crippen LogP contribution is 2.26. The van der Waals surface area contributed by atoms with Crippen molar-refractivity contribution in [2.24, 2.45) is 0 Å². The number of piperidine rings is 1. The number of benzene rings is 1. The molecule has 1 N–H and O–H groups in total. The minimum atomic E-state index is -0.742. The molecule has 1 saturated heterocycles. The van der Waals surface area contributed by atoms with Crippen molar-refractivity contribution in [3.8, 4) is 5.75 Å². The van der Waals surface area contributed by atoms with Gasteiger partial charge in [0.15, 0.2) is 0 Å². The van der Waals surface area contributed by atoms with Gasteiger partial charge in [-0.3, -0.25) is 14.6 Å². The molecule has 1 aliphatic rings. The van der Waals surface area contributed by atoms with E-state index in [0.717, 1.165) is 49.2 Å². The van der Waals surface area contributed by atoms with Crippen molar-refractivity contribution in [3.05, 3.63) is 28.2 Å². The average Bonchev–Trinajstić information content (AvgIpc) is 2.53. The van der Waals surface area contributed by atoms with E-state index in [4.69, 9.17) is 9.84 Å². The van der Waals surface area contributed by atoms with Gasteiger partial charge in [0.1, 0.15) is 5.75 Å². The number of aliphatic carboxylic acids is 1. The second-order valence-electron chi connectivity index (χ2n) is 5.92. The first kappa shape index (κ1) is 18.2. The molecular weight excluding hydrogens is 360 g/mol. The average molecular weight is 385 g/mol. The third-order valence-electron chi connectivity index (χ3n) is 4.45. The fourth-order valence-electron chi connectivity index (χ4n) is 3.23. The molecule has 0 atom stereocenters. The highest BCUT2D eigenvalue weighted by atomic mass is 79.9. The molecule has 0 radical (unpaired) electrons. The Labute approximate surface area is 146 Å². The van der Waals surface area contributed by atoms with Crippen molar-refractivity contribution in [1.82, 2.24) is 9.80 Å². The molecule has 2 rings (SSSR count). The van der Waals surface area contributed by atoms with Crippen LogP contribution in [0.4, 0.5) is 0 Å². The van der Waals surface area contributed by atoms with Gasteiger partial charge in [0.25, 0.3) is 0 Å². The second-order valence-corrected chi connectivity index (χ2v) is 6.84. The van der Waals surface area contributed by atoms with E-state index in [-0.39, 0.29) is 6.54 Å². The van der Waals surface area contributed by atoms with Crippen molar-refractivity contribution in [2.45, 2.75) is 32.4 Å². The van der Waals surface area contributed by atoms with Crippen molar-refractivity contribution in [1.29, 1.82) is 0 Å². The largest absolute Gasteiger partial charge is 0.496 e. The Hall–Kier alpha value is -1.11. The summed E-state index contributed by atoms with van der Waals surface area (Å²) in [4.78, 5) is 15.4. The molecule has 0 amide bonds. The maximum atomic E-state index is 10.9. The van der Waals surface area contributed by atoms with Crippen LogP contribution in [0.1, 0.15) is 25.3 Å². The van der Waals surface area contributed by atoms with Crippen LogP contribution in [-0.2, 0) is 11.3 Å². The first-order valence-electron chi connectivity index (χ1n) is 8.04. The van der Waals surface area contributed by atoms with Crippen LogP contribution >= 0.6 is 15.9 Å². The Balaban J connectivity index is 1.92. The molecule has 1 aromatic rings. The number of carboxylic acid groups (broad SMARTS) is 1. The monoisotopic (exact) mass is 384 g/mol. The summed E-state index contributed by atoms with van der Waals surface area (Å²) in [5.41, 5.74) is 1.18. The Bertz CT molecular complexity index is 531. The minimum absolute atomic E-state index is 0.140. The van der Waals surface area contributed by atoms with E-state index in [9.17, 15) is 4.79 Å². The number of likely N-dealkylation sites (tertiary alicyclic amines) is 1. The molecule has 0 bridgehead atoms. The SMILES string of the molecule is CCN(CC(=O)O)C1CCN(Cc2cc(Br)ccc2OC)CC1. The number of halogens is 1. The van der Waals surface area contributed by atoms with Gasteiger partial charge in [-0.15, -0.1) is 0 Å². The third-order valence-corrected chi connectivity index (χ3v) is 4.95. The van der Waals surface area contributed by atoms with Crippen LogP contribution in [0.2, 0.25) is 0 Å². The molecule has 0 saturated carbocycles. The summed E-state index contributed by atoms with van der Waals surface area (Å²) in [6, 6.07) is 6.45. The molecule has 0 unspecified atom stereocenters. The third kappa shape index (κ3) is 5.19. The molecule has 0 spiro atoms. The van der Waals surface area contributed by atoms with Crippen LogP contribution in [0, 0.1) is 0 Å². The van der Waals surface area contributed by atoms with E-state index >= 15 is 0 Å². The van der Waals surface area contributed by atoms with E-state index in [2.05, 4.69) is 31.8 Å². The van der Waals surface area contributed by atoms with Crippen molar-refractivity contribution >= 4 is 21.9 Å². The highest BCUT2D eigenvalue weighted by molar-refractivity contribution is 9.10. The molecule has 23 heavy (non-hydrogen) atoms. The number of nitrogens with zero attached hydrogens (tertiary/aromatic N) is 2. The van der Waals surface area contributed by atoms with Gasteiger partial charge in [-0.2, -0.15) is 0 Å². The lowest BCUT2D eigenvalue weighted by Crippen LogP contribution is -2.46.